The average molecular weight is 478 g/mol. The van der Waals surface area contributed by atoms with E-state index < -0.39 is 77.4 Å². The number of hydrogen-bond donors (Lipinski definition) is 5. The predicted molar refractivity (Wildman–Crippen MR) is 107 cm³/mol. The summed E-state index contributed by atoms with van der Waals surface area (Å²) in [7, 11) is 0. The monoisotopic (exact) mass is 478 g/mol. The van der Waals surface area contributed by atoms with Crippen LogP contribution >= 0.6 is 0 Å². The Labute approximate surface area is 193 Å². The summed E-state index contributed by atoms with van der Waals surface area (Å²) in [6, 6.07) is 8.53. The molecule has 0 aromatic heterocycles. The van der Waals surface area contributed by atoms with Crippen LogP contribution in [0, 0.1) is 16.7 Å². The fourth-order valence-electron chi connectivity index (χ4n) is 8.25. The van der Waals surface area contributed by atoms with Crippen LogP contribution in [0.1, 0.15) is 23.7 Å². The molecule has 12 atom stereocenters. The fourth-order valence-corrected chi connectivity index (χ4v) is 8.25. The summed E-state index contributed by atoms with van der Waals surface area (Å²) in [6.45, 7) is 1.13. The average Bonchev–Trinajstić information content (AvgIpc) is 2.82. The topological polar surface area (TPSA) is 164 Å². The lowest BCUT2D eigenvalue weighted by Crippen LogP contribution is -3.20. The van der Waals surface area contributed by atoms with Crippen molar-refractivity contribution in [1.82, 2.24) is 0 Å². The minimum Gasteiger partial charge on any atom is -0.461 e. The number of aliphatic hydroxyl groups excluding tert-OH is 4. The normalized spacial score (nSPS) is 57.4. The second-order valence-corrected chi connectivity index (χ2v) is 10.4. The lowest BCUT2D eigenvalue weighted by molar-refractivity contribution is -0.792. The van der Waals surface area contributed by atoms with Gasteiger partial charge in [-0.15, -0.1) is 0 Å². The largest absolute Gasteiger partial charge is 0.461 e. The van der Waals surface area contributed by atoms with Crippen molar-refractivity contribution in [2.24, 2.45) is 16.7 Å². The Morgan fingerprint density at radius 3 is 2.53 bits per heavy atom. The van der Waals surface area contributed by atoms with Crippen LogP contribution in [-0.2, 0) is 23.7 Å². The summed E-state index contributed by atoms with van der Waals surface area (Å²) in [4.78, 5) is 12.7. The lowest BCUT2D eigenvalue weighted by Gasteiger charge is -3.05. The highest BCUT2D eigenvalue weighted by Crippen LogP contribution is 3.03. The molecule has 0 bridgehead atoms. The number of benzene rings is 1. The van der Waals surface area contributed by atoms with E-state index in [9.17, 15) is 30.3 Å². The highest BCUT2D eigenvalue weighted by molar-refractivity contribution is 5.89. The third-order valence-corrected chi connectivity index (χ3v) is 9.66. The molecule has 0 radical (unpaired) electrons. The molecule has 8 unspecified atom stereocenters. The van der Waals surface area contributed by atoms with E-state index in [2.05, 4.69) is 0 Å². The third kappa shape index (κ3) is 1.77. The molecule has 7 rings (SSSR count). The third-order valence-electron chi connectivity index (χ3n) is 9.66. The molecule has 11 heteroatoms. The van der Waals surface area contributed by atoms with Gasteiger partial charge in [0.05, 0.1) is 17.6 Å². The summed E-state index contributed by atoms with van der Waals surface area (Å²) < 4.78 is 29.2. The Morgan fingerprint density at radius 1 is 1.12 bits per heavy atom. The van der Waals surface area contributed by atoms with Crippen LogP contribution in [0.2, 0.25) is 0 Å². The molecule has 1 aromatic carbocycles. The SMILES string of the molecule is C[C@@]12OC3O[C@@]4(O)[C@@H]5C[C@]1(OC1OC(CO)C(O)C(O)C1O)C5(COC(=O)c1ccccc1)C342. The van der Waals surface area contributed by atoms with E-state index in [4.69, 9.17) is 23.7 Å². The highest BCUT2D eigenvalue weighted by atomic mass is 16.8. The van der Waals surface area contributed by atoms with Gasteiger partial charge in [-0.1, -0.05) is 18.2 Å². The maximum atomic E-state index is 12.7. The van der Waals surface area contributed by atoms with Crippen molar-refractivity contribution in [3.8, 4) is 0 Å². The van der Waals surface area contributed by atoms with E-state index in [1.165, 1.54) is 0 Å². The molecule has 184 valence electrons. The van der Waals surface area contributed by atoms with Crippen molar-refractivity contribution in [3.63, 3.8) is 0 Å². The van der Waals surface area contributed by atoms with E-state index in [0.717, 1.165) is 0 Å². The molecule has 3 saturated carbocycles. The van der Waals surface area contributed by atoms with Crippen LogP contribution in [0.25, 0.3) is 0 Å². The van der Waals surface area contributed by atoms with Gasteiger partial charge in [-0.05, 0) is 25.5 Å². The number of esters is 1. The lowest BCUT2D eigenvalue weighted by atomic mass is 9.08. The first-order chi connectivity index (χ1) is 16.1. The van der Waals surface area contributed by atoms with E-state index >= 15 is 0 Å². The molecule has 6 aliphatic rings. The van der Waals surface area contributed by atoms with E-state index in [1.54, 1.807) is 37.3 Å². The maximum Gasteiger partial charge on any atom is 0.338 e. The molecule has 34 heavy (non-hydrogen) atoms. The van der Waals surface area contributed by atoms with Crippen molar-refractivity contribution < 1.29 is 54.0 Å². The first-order valence-electron chi connectivity index (χ1n) is 11.4. The molecule has 5 N–H and O–H groups in total. The fraction of sp³-hybridized carbons (Fsp3) is 0.696. The number of rotatable bonds is 6. The first kappa shape index (κ1) is 21.6. The van der Waals surface area contributed by atoms with Crippen molar-refractivity contribution in [1.29, 1.82) is 0 Å². The standard InChI is InChI=1S/C23H26O11/c1-19-21(32-17-15(27)14(26)13(25)11(8-24)31-17)7-12-20(21,22(19)18(33-19)34-23(12,22)29)9-30-16(28)10-5-3-2-4-6-10/h2-6,11-15,17-18,24-27,29H,7-9H2,1H3/t11?,12-,13?,14?,15?,17?,18?,19-,20?,21-,22?,23+/m1/s1. The van der Waals surface area contributed by atoms with Crippen LogP contribution < -0.4 is 0 Å². The molecule has 6 fully saturated rings. The summed E-state index contributed by atoms with van der Waals surface area (Å²) in [5.74, 6) is -2.32. The minimum atomic E-state index is -1.60. The van der Waals surface area contributed by atoms with E-state index in [-0.39, 0.29) is 18.9 Å². The Hall–Kier alpha value is -1.67. The summed E-state index contributed by atoms with van der Waals surface area (Å²) in [6.07, 6.45) is -7.61. The molecular formula is C23H26O11. The summed E-state index contributed by atoms with van der Waals surface area (Å²) >= 11 is 0. The zero-order valence-electron chi connectivity index (χ0n) is 18.2. The Morgan fingerprint density at radius 2 is 1.85 bits per heavy atom. The van der Waals surface area contributed by atoms with Crippen LogP contribution in [0.15, 0.2) is 30.3 Å². The molecule has 3 aliphatic carbocycles. The van der Waals surface area contributed by atoms with Crippen LogP contribution in [0.3, 0.4) is 0 Å². The molecule has 11 nitrogen and oxygen atoms in total. The second-order valence-electron chi connectivity index (χ2n) is 10.4. The van der Waals surface area contributed by atoms with Gasteiger partial charge < -0.3 is 49.2 Å². The van der Waals surface area contributed by atoms with Gasteiger partial charge in [0, 0.05) is 5.92 Å². The van der Waals surface area contributed by atoms with Crippen molar-refractivity contribution in [2.45, 2.75) is 67.3 Å². The smallest absolute Gasteiger partial charge is 0.338 e. The van der Waals surface area contributed by atoms with Gasteiger partial charge in [-0.25, -0.2) is 4.79 Å². The van der Waals surface area contributed by atoms with Gasteiger partial charge in [0.2, 0.25) is 0 Å². The quantitative estimate of drug-likeness (QED) is 0.295. The maximum absolute atomic E-state index is 12.7. The number of ether oxygens (including phenoxy) is 5. The summed E-state index contributed by atoms with van der Waals surface area (Å²) in [5, 5.41) is 51.6. The van der Waals surface area contributed by atoms with Gasteiger partial charge in [0.15, 0.2) is 18.4 Å². The Kier molecular flexibility index (Phi) is 3.92. The number of aliphatic hydroxyl groups is 5. The molecule has 0 amide bonds. The van der Waals surface area contributed by atoms with Gasteiger partial charge in [0.1, 0.15) is 47.6 Å². The zero-order chi connectivity index (χ0) is 23.9. The van der Waals surface area contributed by atoms with Gasteiger partial charge in [-0.2, -0.15) is 0 Å². The van der Waals surface area contributed by atoms with Gasteiger partial charge in [-0.3, -0.25) is 0 Å². The van der Waals surface area contributed by atoms with E-state index in [1.807, 2.05) is 0 Å². The number of fused-ring (bicyclic) bond motifs is 2. The zero-order valence-corrected chi connectivity index (χ0v) is 18.2. The molecule has 3 saturated heterocycles. The molecule has 1 aromatic rings. The number of carbonyl (C=O) groups is 1. The summed E-state index contributed by atoms with van der Waals surface area (Å²) in [5.41, 5.74) is -3.40. The second kappa shape index (κ2) is 6.17. The molecule has 3 heterocycles. The predicted octanol–water partition coefficient (Wildman–Crippen LogP) is -1.75. The highest BCUT2D eigenvalue weighted by Gasteiger charge is 3.18. The number of carbonyl (C=O) groups excluding carboxylic acids is 1. The Bertz CT molecular complexity index is 1070. The van der Waals surface area contributed by atoms with E-state index in [0.29, 0.717) is 5.56 Å². The molecule has 1 spiro atoms. The molecular weight excluding hydrogens is 452 g/mol. The molecule has 3 aliphatic heterocycles. The van der Waals surface area contributed by atoms with Crippen LogP contribution in [-0.4, -0.2) is 98.7 Å². The van der Waals surface area contributed by atoms with Gasteiger partial charge in [0.25, 0.3) is 0 Å². The van der Waals surface area contributed by atoms with Crippen LogP contribution in [0.4, 0.5) is 0 Å². The number of hydrogen-bond acceptors (Lipinski definition) is 11. The van der Waals surface area contributed by atoms with Crippen molar-refractivity contribution >= 4 is 5.97 Å². The minimum absolute atomic E-state index is 0.0655. The first-order valence-corrected chi connectivity index (χ1v) is 11.4. The van der Waals surface area contributed by atoms with Crippen LogP contribution in [0.5, 0.6) is 0 Å². The van der Waals surface area contributed by atoms with Gasteiger partial charge >= 0.3 is 5.97 Å². The van der Waals surface area contributed by atoms with Crippen molar-refractivity contribution in [2.75, 3.05) is 13.2 Å². The van der Waals surface area contributed by atoms with Crippen molar-refractivity contribution in [3.05, 3.63) is 35.9 Å². The Balaban J connectivity index is 1.20.